The minimum absolute atomic E-state index is 0.254. The van der Waals surface area contributed by atoms with E-state index in [1.54, 1.807) is 0 Å². The quantitative estimate of drug-likeness (QED) is 0.736. The highest BCUT2D eigenvalue weighted by atomic mass is 16.4. The smallest absolute Gasteiger partial charge is 0.304 e. The molecule has 1 rings (SSSR count). The Morgan fingerprint density at radius 3 is 2.80 bits per heavy atom. The largest absolute Gasteiger partial charge is 0.481 e. The van der Waals surface area contributed by atoms with Gasteiger partial charge >= 0.3 is 5.97 Å². The topological polar surface area (TPSA) is 40.5 Å². The van der Waals surface area contributed by atoms with Crippen LogP contribution < -0.4 is 0 Å². The number of aliphatic carboxylic acids is 1. The van der Waals surface area contributed by atoms with Gasteiger partial charge in [-0.3, -0.25) is 9.69 Å². The molecule has 0 bridgehead atoms. The van der Waals surface area contributed by atoms with E-state index >= 15 is 0 Å². The van der Waals surface area contributed by atoms with E-state index in [9.17, 15) is 4.79 Å². The van der Waals surface area contributed by atoms with Crippen LogP contribution in [0.25, 0.3) is 0 Å². The molecule has 0 aromatic rings. The molecule has 1 aliphatic heterocycles. The van der Waals surface area contributed by atoms with Crippen molar-refractivity contribution in [2.45, 2.75) is 52.0 Å². The zero-order valence-electron chi connectivity index (χ0n) is 9.91. The number of hydrogen-bond acceptors (Lipinski definition) is 2. The second-order valence-corrected chi connectivity index (χ2v) is 4.60. The first-order valence-electron chi connectivity index (χ1n) is 6.13. The van der Waals surface area contributed by atoms with Crippen molar-refractivity contribution in [3.63, 3.8) is 0 Å². The molecule has 1 saturated heterocycles. The number of carboxylic acids is 1. The molecule has 15 heavy (non-hydrogen) atoms. The van der Waals surface area contributed by atoms with Gasteiger partial charge in [-0.1, -0.05) is 20.3 Å². The SMILES string of the molecule is CCCC1CCN(C(CC)CC(=O)O)C1. The normalized spacial score (nSPS) is 24.3. The van der Waals surface area contributed by atoms with Gasteiger partial charge in [-0.15, -0.1) is 0 Å². The lowest BCUT2D eigenvalue weighted by atomic mass is 10.0. The summed E-state index contributed by atoms with van der Waals surface area (Å²) in [5, 5.41) is 8.82. The van der Waals surface area contributed by atoms with E-state index in [0.717, 1.165) is 25.4 Å². The molecule has 0 aliphatic carbocycles. The molecule has 1 N–H and O–H groups in total. The first-order valence-corrected chi connectivity index (χ1v) is 6.13. The molecule has 0 spiro atoms. The molecule has 0 amide bonds. The first-order chi connectivity index (χ1) is 7.17. The third-order valence-corrected chi connectivity index (χ3v) is 3.41. The first kappa shape index (κ1) is 12.5. The van der Waals surface area contributed by atoms with Gasteiger partial charge in [0.1, 0.15) is 0 Å². The monoisotopic (exact) mass is 213 g/mol. The van der Waals surface area contributed by atoms with E-state index in [2.05, 4.69) is 18.7 Å². The summed E-state index contributed by atoms with van der Waals surface area (Å²) in [6, 6.07) is 0.254. The number of likely N-dealkylation sites (tertiary alicyclic amines) is 1. The van der Waals surface area contributed by atoms with Gasteiger partial charge in [-0.05, 0) is 31.7 Å². The molecule has 1 heterocycles. The molecular weight excluding hydrogens is 190 g/mol. The number of hydrogen-bond donors (Lipinski definition) is 1. The Bertz CT molecular complexity index is 206. The van der Waals surface area contributed by atoms with Crippen LogP contribution in [0.5, 0.6) is 0 Å². The Balaban J connectivity index is 2.39. The fourth-order valence-corrected chi connectivity index (χ4v) is 2.57. The second kappa shape index (κ2) is 6.11. The molecule has 3 heteroatoms. The molecular formula is C12H23NO2. The summed E-state index contributed by atoms with van der Waals surface area (Å²) in [4.78, 5) is 13.1. The minimum Gasteiger partial charge on any atom is -0.481 e. The van der Waals surface area contributed by atoms with Gasteiger partial charge in [-0.25, -0.2) is 0 Å². The number of rotatable bonds is 6. The highest BCUT2D eigenvalue weighted by Crippen LogP contribution is 2.24. The van der Waals surface area contributed by atoms with Crippen LogP contribution in [-0.4, -0.2) is 35.1 Å². The minimum atomic E-state index is -0.666. The van der Waals surface area contributed by atoms with Crippen molar-refractivity contribution in [3.8, 4) is 0 Å². The maximum Gasteiger partial charge on any atom is 0.304 e. The number of carboxylic acid groups (broad SMARTS) is 1. The van der Waals surface area contributed by atoms with Gasteiger partial charge in [0, 0.05) is 12.6 Å². The lowest BCUT2D eigenvalue weighted by molar-refractivity contribution is -0.138. The van der Waals surface area contributed by atoms with E-state index < -0.39 is 5.97 Å². The van der Waals surface area contributed by atoms with Crippen molar-refractivity contribution in [2.75, 3.05) is 13.1 Å². The molecule has 3 nitrogen and oxygen atoms in total. The lowest BCUT2D eigenvalue weighted by Crippen LogP contribution is -2.34. The van der Waals surface area contributed by atoms with E-state index in [1.807, 2.05) is 0 Å². The zero-order valence-corrected chi connectivity index (χ0v) is 9.91. The molecule has 0 radical (unpaired) electrons. The van der Waals surface area contributed by atoms with Crippen LogP contribution in [0.4, 0.5) is 0 Å². The van der Waals surface area contributed by atoms with Crippen LogP contribution in [0.2, 0.25) is 0 Å². The Morgan fingerprint density at radius 2 is 2.27 bits per heavy atom. The van der Waals surface area contributed by atoms with Crippen molar-refractivity contribution < 1.29 is 9.90 Å². The summed E-state index contributed by atoms with van der Waals surface area (Å²) in [6.07, 6.45) is 5.04. The molecule has 0 aromatic heterocycles. The molecule has 1 fully saturated rings. The molecule has 88 valence electrons. The predicted octanol–water partition coefficient (Wildman–Crippen LogP) is 2.36. The maximum atomic E-state index is 10.7. The number of carbonyl (C=O) groups is 1. The van der Waals surface area contributed by atoms with Crippen molar-refractivity contribution >= 4 is 5.97 Å². The van der Waals surface area contributed by atoms with Crippen LogP contribution >= 0.6 is 0 Å². The average Bonchev–Trinajstić information content (AvgIpc) is 2.63. The van der Waals surface area contributed by atoms with Gasteiger partial charge in [0.05, 0.1) is 6.42 Å². The van der Waals surface area contributed by atoms with E-state index in [-0.39, 0.29) is 6.04 Å². The summed E-state index contributed by atoms with van der Waals surface area (Å²) < 4.78 is 0. The molecule has 2 atom stereocenters. The van der Waals surface area contributed by atoms with Gasteiger partial charge in [0.15, 0.2) is 0 Å². The fraction of sp³-hybridized carbons (Fsp3) is 0.917. The summed E-state index contributed by atoms with van der Waals surface area (Å²) in [6.45, 7) is 6.51. The second-order valence-electron chi connectivity index (χ2n) is 4.60. The Morgan fingerprint density at radius 1 is 1.53 bits per heavy atom. The molecule has 0 saturated carbocycles. The average molecular weight is 213 g/mol. The summed E-state index contributed by atoms with van der Waals surface area (Å²) >= 11 is 0. The van der Waals surface area contributed by atoms with Crippen LogP contribution in [0.3, 0.4) is 0 Å². The van der Waals surface area contributed by atoms with Crippen LogP contribution in [0.15, 0.2) is 0 Å². The molecule has 2 unspecified atom stereocenters. The number of nitrogens with zero attached hydrogens (tertiary/aromatic N) is 1. The Kier molecular flexibility index (Phi) is 5.09. The van der Waals surface area contributed by atoms with Crippen molar-refractivity contribution in [3.05, 3.63) is 0 Å². The van der Waals surface area contributed by atoms with Crippen LogP contribution in [0.1, 0.15) is 46.0 Å². The summed E-state index contributed by atoms with van der Waals surface area (Å²) in [5.41, 5.74) is 0. The van der Waals surface area contributed by atoms with Gasteiger partial charge in [0.25, 0.3) is 0 Å². The molecule has 0 aromatic carbocycles. The van der Waals surface area contributed by atoms with Crippen LogP contribution in [0, 0.1) is 5.92 Å². The molecule has 1 aliphatic rings. The lowest BCUT2D eigenvalue weighted by Gasteiger charge is -2.25. The highest BCUT2D eigenvalue weighted by Gasteiger charge is 2.27. The van der Waals surface area contributed by atoms with Crippen molar-refractivity contribution in [1.82, 2.24) is 4.90 Å². The highest BCUT2D eigenvalue weighted by molar-refractivity contribution is 5.67. The van der Waals surface area contributed by atoms with Crippen LogP contribution in [-0.2, 0) is 4.79 Å². The zero-order chi connectivity index (χ0) is 11.3. The van der Waals surface area contributed by atoms with Gasteiger partial charge in [-0.2, -0.15) is 0 Å². The van der Waals surface area contributed by atoms with E-state index in [4.69, 9.17) is 5.11 Å². The van der Waals surface area contributed by atoms with Crippen molar-refractivity contribution in [1.29, 1.82) is 0 Å². The maximum absolute atomic E-state index is 10.7. The van der Waals surface area contributed by atoms with Gasteiger partial charge in [0.2, 0.25) is 0 Å². The van der Waals surface area contributed by atoms with Gasteiger partial charge < -0.3 is 5.11 Å². The predicted molar refractivity (Wildman–Crippen MR) is 60.9 cm³/mol. The standard InChI is InChI=1S/C12H23NO2/c1-3-5-10-6-7-13(9-10)11(4-2)8-12(14)15/h10-11H,3-9H2,1-2H3,(H,14,15). The Hall–Kier alpha value is -0.570. The fourth-order valence-electron chi connectivity index (χ4n) is 2.57. The van der Waals surface area contributed by atoms with E-state index in [0.29, 0.717) is 6.42 Å². The van der Waals surface area contributed by atoms with E-state index in [1.165, 1.54) is 19.3 Å². The third-order valence-electron chi connectivity index (χ3n) is 3.41. The summed E-state index contributed by atoms with van der Waals surface area (Å²) in [7, 11) is 0. The van der Waals surface area contributed by atoms with Crippen molar-refractivity contribution in [2.24, 2.45) is 5.92 Å². The Labute approximate surface area is 92.5 Å². The third kappa shape index (κ3) is 3.82. The summed E-state index contributed by atoms with van der Waals surface area (Å²) in [5.74, 6) is 0.138.